The molecule has 0 amide bonds. The van der Waals surface area contributed by atoms with E-state index in [2.05, 4.69) is 29.2 Å². The first-order valence-corrected chi connectivity index (χ1v) is 5.97. The molecule has 0 radical (unpaired) electrons. The van der Waals surface area contributed by atoms with Gasteiger partial charge in [0.25, 0.3) is 0 Å². The second-order valence-electron chi connectivity index (χ2n) is 4.86. The van der Waals surface area contributed by atoms with E-state index in [0.29, 0.717) is 6.10 Å². The number of likely N-dealkylation sites (N-methyl/N-ethyl adjacent to an activating group) is 1. The number of rotatable bonds is 3. The van der Waals surface area contributed by atoms with Gasteiger partial charge in [-0.1, -0.05) is 0 Å². The smallest absolute Gasteiger partial charge is 0.0826 e. The van der Waals surface area contributed by atoms with Crippen molar-refractivity contribution >= 4 is 0 Å². The first-order chi connectivity index (χ1) is 7.25. The molecule has 0 aromatic carbocycles. The first-order valence-electron chi connectivity index (χ1n) is 5.97. The number of likely N-dealkylation sites (tertiary alicyclic amines) is 1. The van der Waals surface area contributed by atoms with Crippen LogP contribution in [0.15, 0.2) is 0 Å². The molecule has 2 atom stereocenters. The second-order valence-corrected chi connectivity index (χ2v) is 4.86. The molecule has 2 aliphatic heterocycles. The molecule has 15 heavy (non-hydrogen) atoms. The first kappa shape index (κ1) is 11.3. The van der Waals surface area contributed by atoms with Crippen LogP contribution >= 0.6 is 0 Å². The average Bonchev–Trinajstić information content (AvgIpc) is 2.68. The van der Waals surface area contributed by atoms with Gasteiger partial charge >= 0.3 is 0 Å². The van der Waals surface area contributed by atoms with Crippen molar-refractivity contribution in [3.63, 3.8) is 0 Å². The molecule has 0 bridgehead atoms. The predicted octanol–water partition coefficient (Wildman–Crippen LogP) is -0.389. The Labute approximate surface area is 92.6 Å². The highest BCUT2D eigenvalue weighted by Crippen LogP contribution is 2.14. The van der Waals surface area contributed by atoms with Crippen LogP contribution < -0.4 is 5.32 Å². The van der Waals surface area contributed by atoms with Crippen LogP contribution in [0.3, 0.4) is 0 Å². The quantitative estimate of drug-likeness (QED) is 0.691. The molecule has 0 spiro atoms. The maximum absolute atomic E-state index is 5.72. The molecular formula is C11H23N3O. The Balaban J connectivity index is 1.71. The van der Waals surface area contributed by atoms with E-state index >= 15 is 0 Å². The van der Waals surface area contributed by atoms with Gasteiger partial charge in [0.2, 0.25) is 0 Å². The van der Waals surface area contributed by atoms with Crippen molar-refractivity contribution < 1.29 is 4.74 Å². The van der Waals surface area contributed by atoms with Crippen molar-refractivity contribution in [2.24, 2.45) is 0 Å². The normalized spacial score (nSPS) is 33.8. The minimum atomic E-state index is 0.402. The molecule has 4 nitrogen and oxygen atoms in total. The Kier molecular flexibility index (Phi) is 3.97. The topological polar surface area (TPSA) is 27.7 Å². The standard InChI is InChI=1S/C11H23N3O/c1-13(2)10-3-5-14(8-10)9-11-7-12-4-6-15-11/h10-12H,3-9H2,1-2H3. The Morgan fingerprint density at radius 2 is 2.33 bits per heavy atom. The minimum absolute atomic E-state index is 0.402. The van der Waals surface area contributed by atoms with Crippen LogP contribution in [-0.4, -0.2) is 75.4 Å². The number of ether oxygens (including phenoxy) is 1. The van der Waals surface area contributed by atoms with E-state index in [1.807, 2.05) is 0 Å². The number of nitrogens with zero attached hydrogens (tertiary/aromatic N) is 2. The number of morpholine rings is 1. The Morgan fingerprint density at radius 1 is 1.47 bits per heavy atom. The maximum Gasteiger partial charge on any atom is 0.0826 e. The second kappa shape index (κ2) is 5.25. The molecule has 0 aliphatic carbocycles. The van der Waals surface area contributed by atoms with E-state index in [9.17, 15) is 0 Å². The van der Waals surface area contributed by atoms with Crippen LogP contribution in [-0.2, 0) is 4.74 Å². The van der Waals surface area contributed by atoms with Crippen molar-refractivity contribution in [2.45, 2.75) is 18.6 Å². The lowest BCUT2D eigenvalue weighted by Crippen LogP contribution is -2.45. The Morgan fingerprint density at radius 3 is 2.93 bits per heavy atom. The van der Waals surface area contributed by atoms with E-state index in [1.165, 1.54) is 19.5 Å². The van der Waals surface area contributed by atoms with Gasteiger partial charge in [-0.25, -0.2) is 0 Å². The van der Waals surface area contributed by atoms with Gasteiger partial charge in [-0.05, 0) is 27.1 Å². The average molecular weight is 213 g/mol. The van der Waals surface area contributed by atoms with Crippen LogP contribution in [0, 0.1) is 0 Å². The number of nitrogens with one attached hydrogen (secondary N) is 1. The molecular weight excluding hydrogens is 190 g/mol. The molecule has 2 unspecified atom stereocenters. The van der Waals surface area contributed by atoms with Crippen molar-refractivity contribution in [1.29, 1.82) is 0 Å². The van der Waals surface area contributed by atoms with E-state index in [-0.39, 0.29) is 0 Å². The summed E-state index contributed by atoms with van der Waals surface area (Å²) in [6.45, 7) is 6.42. The molecule has 1 N–H and O–H groups in total. The van der Waals surface area contributed by atoms with Crippen LogP contribution in [0.2, 0.25) is 0 Å². The molecule has 2 rings (SSSR count). The van der Waals surface area contributed by atoms with Crippen molar-refractivity contribution in [3.05, 3.63) is 0 Å². The zero-order chi connectivity index (χ0) is 10.7. The highest BCUT2D eigenvalue weighted by atomic mass is 16.5. The molecule has 2 saturated heterocycles. The Bertz CT molecular complexity index is 192. The molecule has 0 aromatic heterocycles. The fourth-order valence-electron chi connectivity index (χ4n) is 2.42. The lowest BCUT2D eigenvalue weighted by Gasteiger charge is -2.28. The number of hydrogen-bond acceptors (Lipinski definition) is 4. The molecule has 2 fully saturated rings. The lowest BCUT2D eigenvalue weighted by atomic mass is 10.2. The van der Waals surface area contributed by atoms with Gasteiger partial charge in [-0.3, -0.25) is 4.90 Å². The van der Waals surface area contributed by atoms with Gasteiger partial charge in [0.15, 0.2) is 0 Å². The summed E-state index contributed by atoms with van der Waals surface area (Å²) in [5, 5.41) is 3.38. The molecule has 0 saturated carbocycles. The van der Waals surface area contributed by atoms with Crippen LogP contribution in [0.1, 0.15) is 6.42 Å². The number of hydrogen-bond donors (Lipinski definition) is 1. The third-order valence-electron chi connectivity index (χ3n) is 3.44. The summed E-state index contributed by atoms with van der Waals surface area (Å²) in [7, 11) is 4.35. The molecule has 2 heterocycles. The predicted molar refractivity (Wildman–Crippen MR) is 61.1 cm³/mol. The lowest BCUT2D eigenvalue weighted by molar-refractivity contribution is 0.00880. The zero-order valence-corrected chi connectivity index (χ0v) is 9.91. The van der Waals surface area contributed by atoms with Gasteiger partial charge < -0.3 is 15.0 Å². The van der Waals surface area contributed by atoms with Crippen molar-refractivity contribution in [3.8, 4) is 0 Å². The summed E-state index contributed by atoms with van der Waals surface area (Å²) < 4.78 is 5.72. The molecule has 88 valence electrons. The summed E-state index contributed by atoms with van der Waals surface area (Å²) >= 11 is 0. The monoisotopic (exact) mass is 213 g/mol. The van der Waals surface area contributed by atoms with Gasteiger partial charge in [-0.2, -0.15) is 0 Å². The van der Waals surface area contributed by atoms with Gasteiger partial charge in [-0.15, -0.1) is 0 Å². The summed E-state index contributed by atoms with van der Waals surface area (Å²) in [5.74, 6) is 0. The van der Waals surface area contributed by atoms with Crippen LogP contribution in [0.25, 0.3) is 0 Å². The fourth-order valence-corrected chi connectivity index (χ4v) is 2.42. The fraction of sp³-hybridized carbons (Fsp3) is 1.00. The SMILES string of the molecule is CN(C)C1CCN(CC2CNCCO2)C1. The van der Waals surface area contributed by atoms with Gasteiger partial charge in [0.05, 0.1) is 12.7 Å². The van der Waals surface area contributed by atoms with Crippen LogP contribution in [0.5, 0.6) is 0 Å². The summed E-state index contributed by atoms with van der Waals surface area (Å²) in [6, 6.07) is 0.738. The maximum atomic E-state index is 5.72. The van der Waals surface area contributed by atoms with Crippen molar-refractivity contribution in [1.82, 2.24) is 15.1 Å². The minimum Gasteiger partial charge on any atom is -0.374 e. The van der Waals surface area contributed by atoms with E-state index in [1.54, 1.807) is 0 Å². The summed E-state index contributed by atoms with van der Waals surface area (Å²) in [5.41, 5.74) is 0. The highest BCUT2D eigenvalue weighted by Gasteiger charge is 2.26. The summed E-state index contributed by atoms with van der Waals surface area (Å²) in [6.07, 6.45) is 1.70. The summed E-state index contributed by atoms with van der Waals surface area (Å²) in [4.78, 5) is 4.86. The van der Waals surface area contributed by atoms with E-state index < -0.39 is 0 Å². The van der Waals surface area contributed by atoms with E-state index in [4.69, 9.17) is 4.74 Å². The van der Waals surface area contributed by atoms with Gasteiger partial charge in [0.1, 0.15) is 0 Å². The molecule has 0 aromatic rings. The van der Waals surface area contributed by atoms with Crippen LogP contribution in [0.4, 0.5) is 0 Å². The highest BCUT2D eigenvalue weighted by molar-refractivity contribution is 4.83. The zero-order valence-electron chi connectivity index (χ0n) is 9.91. The third-order valence-corrected chi connectivity index (χ3v) is 3.44. The molecule has 4 heteroatoms. The van der Waals surface area contributed by atoms with Crippen molar-refractivity contribution in [2.75, 3.05) is 53.4 Å². The third kappa shape index (κ3) is 3.14. The Hall–Kier alpha value is -0.160. The van der Waals surface area contributed by atoms with E-state index in [0.717, 1.165) is 32.3 Å². The largest absolute Gasteiger partial charge is 0.374 e. The molecule has 2 aliphatic rings. The van der Waals surface area contributed by atoms with Gasteiger partial charge in [0, 0.05) is 32.2 Å².